The van der Waals surface area contributed by atoms with Crippen molar-refractivity contribution in [3.05, 3.63) is 51.8 Å². The highest BCUT2D eigenvalue weighted by atomic mass is 35.5. The van der Waals surface area contributed by atoms with E-state index in [-0.39, 0.29) is 18.8 Å². The van der Waals surface area contributed by atoms with E-state index in [1.165, 1.54) is 6.20 Å². The number of hydrogen-bond acceptors (Lipinski definition) is 6. The first-order valence-corrected chi connectivity index (χ1v) is 8.95. The maximum Gasteiger partial charge on any atom is 0.347 e. The molecule has 0 aliphatic rings. The third-order valence-electron chi connectivity index (χ3n) is 3.28. The summed E-state index contributed by atoms with van der Waals surface area (Å²) in [6.07, 6.45) is 1.23. The Morgan fingerprint density at radius 2 is 1.63 bits per heavy atom. The Balaban J connectivity index is 2.39. The fourth-order valence-corrected chi connectivity index (χ4v) is 2.74. The summed E-state index contributed by atoms with van der Waals surface area (Å²) >= 11 is 12.1. The second kappa shape index (κ2) is 9.43. The van der Waals surface area contributed by atoms with Gasteiger partial charge in [-0.25, -0.2) is 14.3 Å². The number of nitrogens with one attached hydrogen (secondary N) is 1. The van der Waals surface area contributed by atoms with Gasteiger partial charge in [0.05, 0.1) is 24.6 Å². The summed E-state index contributed by atoms with van der Waals surface area (Å²) in [6, 6.07) is 6.72. The molecule has 1 heterocycles. The summed E-state index contributed by atoms with van der Waals surface area (Å²) in [5.41, 5.74) is 1.06. The lowest BCUT2D eigenvalue weighted by Gasteiger charge is -2.10. The number of ether oxygens (including phenoxy) is 2. The lowest BCUT2D eigenvalue weighted by atomic mass is 10.3. The SMILES string of the molecule is CCOC(=O)C(=CNc1cc(C)nn1-c1cc(Cl)cc(Cl)c1)C(=O)OCC. The number of benzene rings is 1. The van der Waals surface area contributed by atoms with Crippen LogP contribution in [0.5, 0.6) is 0 Å². The molecular formula is C18H19Cl2N3O4. The lowest BCUT2D eigenvalue weighted by molar-refractivity contribution is -0.146. The van der Waals surface area contributed by atoms with Gasteiger partial charge < -0.3 is 14.8 Å². The van der Waals surface area contributed by atoms with Gasteiger partial charge in [0, 0.05) is 22.3 Å². The lowest BCUT2D eigenvalue weighted by Crippen LogP contribution is -2.19. The van der Waals surface area contributed by atoms with Gasteiger partial charge in [0.1, 0.15) is 5.82 Å². The molecule has 1 aromatic carbocycles. The van der Waals surface area contributed by atoms with Gasteiger partial charge >= 0.3 is 11.9 Å². The number of rotatable bonds is 7. The highest BCUT2D eigenvalue weighted by molar-refractivity contribution is 6.34. The van der Waals surface area contributed by atoms with Crippen LogP contribution in [0.4, 0.5) is 5.82 Å². The Kier molecular flexibility index (Phi) is 7.27. The summed E-state index contributed by atoms with van der Waals surface area (Å²) in [4.78, 5) is 24.1. The van der Waals surface area contributed by atoms with E-state index in [2.05, 4.69) is 10.4 Å². The highest BCUT2D eigenvalue weighted by Crippen LogP contribution is 2.24. The van der Waals surface area contributed by atoms with Gasteiger partial charge in [-0.1, -0.05) is 23.2 Å². The van der Waals surface area contributed by atoms with Crippen LogP contribution >= 0.6 is 23.2 Å². The predicted octanol–water partition coefficient (Wildman–Crippen LogP) is 3.91. The van der Waals surface area contributed by atoms with Crippen molar-refractivity contribution < 1.29 is 19.1 Å². The largest absolute Gasteiger partial charge is 0.462 e. The van der Waals surface area contributed by atoms with E-state index in [0.717, 1.165) is 0 Å². The summed E-state index contributed by atoms with van der Waals surface area (Å²) < 4.78 is 11.4. The van der Waals surface area contributed by atoms with Crippen molar-refractivity contribution in [1.29, 1.82) is 0 Å². The highest BCUT2D eigenvalue weighted by Gasteiger charge is 2.21. The van der Waals surface area contributed by atoms with Crippen LogP contribution in [0.2, 0.25) is 10.0 Å². The topological polar surface area (TPSA) is 82.5 Å². The van der Waals surface area contributed by atoms with E-state index >= 15 is 0 Å². The quantitative estimate of drug-likeness (QED) is 0.321. The Labute approximate surface area is 166 Å². The molecule has 0 spiro atoms. The molecule has 0 saturated heterocycles. The van der Waals surface area contributed by atoms with Gasteiger partial charge in [-0.15, -0.1) is 0 Å². The number of esters is 2. The molecule has 0 atom stereocenters. The van der Waals surface area contributed by atoms with Crippen molar-refractivity contribution in [2.75, 3.05) is 18.5 Å². The van der Waals surface area contributed by atoms with Gasteiger partial charge in [-0.05, 0) is 39.0 Å². The molecule has 7 nitrogen and oxygen atoms in total. The zero-order valence-electron chi connectivity index (χ0n) is 15.1. The minimum atomic E-state index is -0.781. The molecule has 2 rings (SSSR count). The molecule has 0 bridgehead atoms. The van der Waals surface area contributed by atoms with Crippen LogP contribution in [0, 0.1) is 6.92 Å². The number of aromatic nitrogens is 2. The zero-order valence-corrected chi connectivity index (χ0v) is 16.6. The smallest absolute Gasteiger partial charge is 0.347 e. The molecule has 144 valence electrons. The molecular weight excluding hydrogens is 393 g/mol. The second-order valence-corrected chi connectivity index (χ2v) is 6.23. The maximum atomic E-state index is 12.0. The fraction of sp³-hybridized carbons (Fsp3) is 0.278. The molecule has 0 amide bonds. The third-order valence-corrected chi connectivity index (χ3v) is 3.71. The van der Waals surface area contributed by atoms with Crippen LogP contribution in [-0.4, -0.2) is 34.9 Å². The van der Waals surface area contributed by atoms with E-state index < -0.39 is 11.9 Å². The molecule has 0 aliphatic carbocycles. The predicted molar refractivity (Wildman–Crippen MR) is 103 cm³/mol. The van der Waals surface area contributed by atoms with Gasteiger partial charge in [0.15, 0.2) is 5.57 Å². The van der Waals surface area contributed by atoms with E-state index in [0.29, 0.717) is 27.2 Å². The van der Waals surface area contributed by atoms with E-state index in [1.54, 1.807) is 49.7 Å². The van der Waals surface area contributed by atoms with E-state index in [9.17, 15) is 9.59 Å². The molecule has 9 heteroatoms. The first-order valence-electron chi connectivity index (χ1n) is 8.19. The molecule has 0 saturated carbocycles. The van der Waals surface area contributed by atoms with Crippen LogP contribution < -0.4 is 5.32 Å². The van der Waals surface area contributed by atoms with Gasteiger partial charge in [0.2, 0.25) is 0 Å². The van der Waals surface area contributed by atoms with Crippen LogP contribution in [0.1, 0.15) is 19.5 Å². The molecule has 1 N–H and O–H groups in total. The third kappa shape index (κ3) is 5.48. The number of halogens is 2. The molecule has 0 unspecified atom stereocenters. The van der Waals surface area contributed by atoms with Crippen molar-refractivity contribution in [3.63, 3.8) is 0 Å². The molecule has 0 fully saturated rings. The average Bonchev–Trinajstić information content (AvgIpc) is 2.95. The Bertz CT molecular complexity index is 837. The van der Waals surface area contributed by atoms with Gasteiger partial charge in [0.25, 0.3) is 0 Å². The summed E-state index contributed by atoms with van der Waals surface area (Å²) in [7, 11) is 0. The Morgan fingerprint density at radius 3 is 2.15 bits per heavy atom. The van der Waals surface area contributed by atoms with Crippen molar-refractivity contribution in [1.82, 2.24) is 9.78 Å². The average molecular weight is 412 g/mol. The molecule has 1 aromatic heterocycles. The van der Waals surface area contributed by atoms with Crippen molar-refractivity contribution in [2.24, 2.45) is 0 Å². The number of carbonyl (C=O) groups excluding carboxylic acids is 2. The standard InChI is InChI=1S/C18H19Cl2N3O4/c1-4-26-17(24)15(18(25)27-5-2)10-21-16-6-11(3)22-23(16)14-8-12(19)7-13(20)9-14/h6-10,21H,4-5H2,1-3H3. The molecule has 0 radical (unpaired) electrons. The zero-order chi connectivity index (χ0) is 20.0. The number of nitrogens with zero attached hydrogens (tertiary/aromatic N) is 2. The van der Waals surface area contributed by atoms with Crippen LogP contribution in [0.3, 0.4) is 0 Å². The van der Waals surface area contributed by atoms with Crippen molar-refractivity contribution in [2.45, 2.75) is 20.8 Å². The maximum absolute atomic E-state index is 12.0. The van der Waals surface area contributed by atoms with Crippen LogP contribution in [-0.2, 0) is 19.1 Å². The summed E-state index contributed by atoms with van der Waals surface area (Å²) in [5, 5.41) is 8.18. The number of hydrogen-bond donors (Lipinski definition) is 1. The normalized spacial score (nSPS) is 10.3. The molecule has 0 aliphatic heterocycles. The number of aryl methyl sites for hydroxylation is 1. The summed E-state index contributed by atoms with van der Waals surface area (Å²) in [6.45, 7) is 5.36. The fourth-order valence-electron chi connectivity index (χ4n) is 2.23. The van der Waals surface area contributed by atoms with Gasteiger partial charge in [-0.3, -0.25) is 0 Å². The Morgan fingerprint density at radius 1 is 1.07 bits per heavy atom. The van der Waals surface area contributed by atoms with Crippen molar-refractivity contribution in [3.8, 4) is 5.69 Å². The van der Waals surface area contributed by atoms with Crippen LogP contribution in [0.25, 0.3) is 5.69 Å². The Hall–Kier alpha value is -2.51. The summed E-state index contributed by atoms with van der Waals surface area (Å²) in [5.74, 6) is -1.06. The van der Waals surface area contributed by atoms with E-state index in [1.807, 2.05) is 0 Å². The molecule has 2 aromatic rings. The minimum Gasteiger partial charge on any atom is -0.462 e. The number of anilines is 1. The molecule has 27 heavy (non-hydrogen) atoms. The van der Waals surface area contributed by atoms with E-state index in [4.69, 9.17) is 32.7 Å². The first kappa shape index (κ1) is 20.8. The van der Waals surface area contributed by atoms with Crippen molar-refractivity contribution >= 4 is 41.0 Å². The minimum absolute atomic E-state index is 0.133. The van der Waals surface area contributed by atoms with Gasteiger partial charge in [-0.2, -0.15) is 5.10 Å². The number of carbonyl (C=O) groups is 2. The monoisotopic (exact) mass is 411 g/mol. The first-order chi connectivity index (χ1) is 12.8. The van der Waals surface area contributed by atoms with Crippen LogP contribution in [0.15, 0.2) is 36.0 Å². The second-order valence-electron chi connectivity index (χ2n) is 5.35.